The molecule has 0 N–H and O–H groups in total. The van der Waals surface area contributed by atoms with Gasteiger partial charge in [-0.05, 0) is 24.6 Å². The molecule has 0 amide bonds. The quantitative estimate of drug-likeness (QED) is 0.844. The number of anilines is 1. The zero-order valence-electron chi connectivity index (χ0n) is 12.1. The Morgan fingerprint density at radius 1 is 1.36 bits per heavy atom. The fourth-order valence-corrected chi connectivity index (χ4v) is 2.95. The molecule has 0 saturated carbocycles. The molecule has 0 aliphatic carbocycles. The summed E-state index contributed by atoms with van der Waals surface area (Å²) in [5.74, 6) is 0. The van der Waals surface area contributed by atoms with Crippen molar-refractivity contribution in [2.45, 2.75) is 26.1 Å². The zero-order chi connectivity index (χ0) is 16.3. The van der Waals surface area contributed by atoms with Crippen molar-refractivity contribution < 1.29 is 13.2 Å². The second-order valence-corrected chi connectivity index (χ2v) is 5.97. The van der Waals surface area contributed by atoms with Crippen LogP contribution >= 0.6 is 11.3 Å². The second-order valence-electron chi connectivity index (χ2n) is 4.77. The van der Waals surface area contributed by atoms with E-state index in [1.165, 1.54) is 28.4 Å². The van der Waals surface area contributed by atoms with Gasteiger partial charge in [-0.15, -0.1) is 11.3 Å². The van der Waals surface area contributed by atoms with Gasteiger partial charge in [0.15, 0.2) is 0 Å². The van der Waals surface area contributed by atoms with E-state index in [4.69, 9.17) is 5.26 Å². The Labute approximate surface area is 130 Å². The predicted octanol–water partition coefficient (Wildman–Crippen LogP) is 4.23. The van der Waals surface area contributed by atoms with E-state index in [2.05, 4.69) is 4.98 Å². The number of hydrogen-bond acceptors (Lipinski definition) is 4. The zero-order valence-corrected chi connectivity index (χ0v) is 12.9. The van der Waals surface area contributed by atoms with Gasteiger partial charge >= 0.3 is 6.18 Å². The van der Waals surface area contributed by atoms with Crippen LogP contribution in [0.1, 0.15) is 27.9 Å². The molecule has 0 unspecified atom stereocenters. The number of alkyl halides is 3. The van der Waals surface area contributed by atoms with E-state index in [1.807, 2.05) is 13.0 Å². The molecule has 0 fully saturated rings. The van der Waals surface area contributed by atoms with Crippen LogP contribution in [0.5, 0.6) is 0 Å². The monoisotopic (exact) mass is 325 g/mol. The molecule has 116 valence electrons. The lowest BCUT2D eigenvalue weighted by Gasteiger charge is -2.22. The molecule has 0 radical (unpaired) electrons. The fourth-order valence-electron chi connectivity index (χ4n) is 2.03. The summed E-state index contributed by atoms with van der Waals surface area (Å²) in [4.78, 5) is 6.78. The number of nitriles is 1. The van der Waals surface area contributed by atoms with Gasteiger partial charge in [-0.1, -0.05) is 6.92 Å². The third-order valence-electron chi connectivity index (χ3n) is 3.17. The highest BCUT2D eigenvalue weighted by atomic mass is 32.1. The normalized spacial score (nSPS) is 11.3. The van der Waals surface area contributed by atoms with Crippen molar-refractivity contribution >= 4 is 17.0 Å². The molecule has 2 rings (SSSR count). The number of rotatable bonds is 4. The van der Waals surface area contributed by atoms with E-state index in [-0.39, 0.29) is 17.8 Å². The molecule has 1 aromatic heterocycles. The van der Waals surface area contributed by atoms with E-state index in [0.29, 0.717) is 0 Å². The Morgan fingerprint density at radius 2 is 2.09 bits per heavy atom. The van der Waals surface area contributed by atoms with Crippen LogP contribution in [-0.2, 0) is 19.1 Å². The standard InChI is InChI=1S/C15H14F3N3S/c1-3-11-8-20-14(22-11)9-21(2)13-6-10(7-19)4-5-12(13)15(16,17)18/h4-6,8H,3,9H2,1-2H3. The third-order valence-corrected chi connectivity index (χ3v) is 4.29. The van der Waals surface area contributed by atoms with Crippen LogP contribution in [0.15, 0.2) is 24.4 Å². The van der Waals surface area contributed by atoms with Crippen molar-refractivity contribution in [1.29, 1.82) is 5.26 Å². The highest BCUT2D eigenvalue weighted by Crippen LogP contribution is 2.37. The maximum Gasteiger partial charge on any atom is 0.418 e. The molecule has 0 aliphatic heterocycles. The Bertz CT molecular complexity index is 701. The maximum absolute atomic E-state index is 13.1. The van der Waals surface area contributed by atoms with E-state index >= 15 is 0 Å². The van der Waals surface area contributed by atoms with Gasteiger partial charge in [0.2, 0.25) is 0 Å². The molecule has 0 atom stereocenters. The summed E-state index contributed by atoms with van der Waals surface area (Å²) in [6.45, 7) is 2.27. The van der Waals surface area contributed by atoms with Gasteiger partial charge in [0.25, 0.3) is 0 Å². The minimum Gasteiger partial charge on any atom is -0.367 e. The van der Waals surface area contributed by atoms with Gasteiger partial charge in [-0.25, -0.2) is 4.98 Å². The van der Waals surface area contributed by atoms with Gasteiger partial charge in [-0.3, -0.25) is 0 Å². The molecular formula is C15H14F3N3S. The first-order chi connectivity index (χ1) is 10.3. The molecule has 0 aliphatic rings. The number of halogens is 3. The average molecular weight is 325 g/mol. The lowest BCUT2D eigenvalue weighted by molar-refractivity contribution is -0.137. The number of hydrogen-bond donors (Lipinski definition) is 0. The van der Waals surface area contributed by atoms with Crippen LogP contribution in [0.25, 0.3) is 0 Å². The minimum absolute atomic E-state index is 0.0141. The molecule has 22 heavy (non-hydrogen) atoms. The number of aromatic nitrogens is 1. The Hall–Kier alpha value is -2.07. The van der Waals surface area contributed by atoms with Crippen molar-refractivity contribution in [3.8, 4) is 6.07 Å². The second kappa shape index (κ2) is 6.36. The van der Waals surface area contributed by atoms with E-state index < -0.39 is 11.7 Å². The summed E-state index contributed by atoms with van der Waals surface area (Å²) >= 11 is 1.48. The first kappa shape index (κ1) is 16.3. The Kier molecular flexibility index (Phi) is 4.71. The fraction of sp³-hybridized carbons (Fsp3) is 0.333. The number of nitrogens with zero attached hydrogens (tertiary/aromatic N) is 3. The van der Waals surface area contributed by atoms with Crippen LogP contribution in [0, 0.1) is 11.3 Å². The van der Waals surface area contributed by atoms with Gasteiger partial charge in [0.05, 0.1) is 29.4 Å². The lowest BCUT2D eigenvalue weighted by atomic mass is 10.1. The van der Waals surface area contributed by atoms with Crippen LogP contribution in [0.4, 0.5) is 18.9 Å². The average Bonchev–Trinajstić information content (AvgIpc) is 2.93. The number of thiazole rings is 1. The summed E-state index contributed by atoms with van der Waals surface area (Å²) in [5, 5.41) is 9.65. The van der Waals surface area contributed by atoms with Crippen LogP contribution in [-0.4, -0.2) is 12.0 Å². The van der Waals surface area contributed by atoms with Gasteiger partial charge in [0, 0.05) is 18.1 Å². The summed E-state index contributed by atoms with van der Waals surface area (Å²) < 4.78 is 39.4. The SMILES string of the molecule is CCc1cnc(CN(C)c2cc(C#N)ccc2C(F)(F)F)s1. The van der Waals surface area contributed by atoms with Crippen molar-refractivity contribution in [3.63, 3.8) is 0 Å². The maximum atomic E-state index is 13.1. The first-order valence-corrected chi connectivity index (χ1v) is 7.43. The molecule has 3 nitrogen and oxygen atoms in total. The summed E-state index contributed by atoms with van der Waals surface area (Å²) in [6, 6.07) is 5.26. The van der Waals surface area contributed by atoms with E-state index in [0.717, 1.165) is 22.4 Å². The first-order valence-electron chi connectivity index (χ1n) is 6.61. The van der Waals surface area contributed by atoms with Crippen molar-refractivity contribution in [1.82, 2.24) is 4.98 Å². The van der Waals surface area contributed by atoms with Crippen LogP contribution in [0.2, 0.25) is 0 Å². The Morgan fingerprint density at radius 3 is 2.64 bits per heavy atom. The summed E-state index contributed by atoms with van der Waals surface area (Å²) in [5.41, 5.74) is -0.565. The van der Waals surface area contributed by atoms with Crippen LogP contribution < -0.4 is 4.90 Å². The summed E-state index contributed by atoms with van der Waals surface area (Å²) in [6.07, 6.45) is -1.88. The topological polar surface area (TPSA) is 39.9 Å². The largest absolute Gasteiger partial charge is 0.418 e. The molecule has 1 aromatic carbocycles. The highest BCUT2D eigenvalue weighted by Gasteiger charge is 2.34. The van der Waals surface area contributed by atoms with Crippen molar-refractivity contribution in [3.05, 3.63) is 45.4 Å². The van der Waals surface area contributed by atoms with Crippen LogP contribution in [0.3, 0.4) is 0 Å². The Balaban J connectivity index is 2.34. The third kappa shape index (κ3) is 3.57. The molecular weight excluding hydrogens is 311 g/mol. The molecule has 2 aromatic rings. The molecule has 7 heteroatoms. The number of aryl methyl sites for hydroxylation is 1. The van der Waals surface area contributed by atoms with Gasteiger partial charge in [-0.2, -0.15) is 18.4 Å². The smallest absolute Gasteiger partial charge is 0.367 e. The lowest BCUT2D eigenvalue weighted by Crippen LogP contribution is -2.21. The van der Waals surface area contributed by atoms with Gasteiger partial charge in [0.1, 0.15) is 5.01 Å². The molecule has 0 bridgehead atoms. The highest BCUT2D eigenvalue weighted by molar-refractivity contribution is 7.11. The minimum atomic E-state index is -4.46. The van der Waals surface area contributed by atoms with E-state index in [9.17, 15) is 13.2 Å². The number of benzene rings is 1. The molecule has 0 spiro atoms. The van der Waals surface area contributed by atoms with Gasteiger partial charge < -0.3 is 4.90 Å². The predicted molar refractivity (Wildman–Crippen MR) is 79.8 cm³/mol. The van der Waals surface area contributed by atoms with Crippen molar-refractivity contribution in [2.75, 3.05) is 11.9 Å². The molecule has 0 saturated heterocycles. The molecule has 1 heterocycles. The van der Waals surface area contributed by atoms with Crippen molar-refractivity contribution in [2.24, 2.45) is 0 Å². The summed E-state index contributed by atoms with van der Waals surface area (Å²) in [7, 11) is 1.57. The van der Waals surface area contributed by atoms with E-state index in [1.54, 1.807) is 13.2 Å².